The lowest BCUT2D eigenvalue weighted by Gasteiger charge is -2.16. The highest BCUT2D eigenvalue weighted by molar-refractivity contribution is 5.64. The van der Waals surface area contributed by atoms with Gasteiger partial charge in [0.25, 0.3) is 0 Å². The van der Waals surface area contributed by atoms with Gasteiger partial charge in [-0.25, -0.2) is 0 Å². The molecule has 0 radical (unpaired) electrons. The number of aromatic hydroxyl groups is 2. The Morgan fingerprint density at radius 1 is 1.38 bits per heavy atom. The van der Waals surface area contributed by atoms with Gasteiger partial charge in [0.1, 0.15) is 0 Å². The first-order chi connectivity index (χ1) is 7.49. The Bertz CT molecular complexity index is 411. The number of likely N-dealkylation sites (N-methyl/N-ethyl adjacent to an activating group) is 1. The van der Waals surface area contributed by atoms with Crippen molar-refractivity contribution in [2.75, 3.05) is 11.9 Å². The molecule has 0 bridgehead atoms. The van der Waals surface area contributed by atoms with Crippen LogP contribution in [0.3, 0.4) is 0 Å². The smallest absolute Gasteiger partial charge is 0.439 e. The van der Waals surface area contributed by atoms with Crippen LogP contribution in [0.1, 0.15) is 5.56 Å². The van der Waals surface area contributed by atoms with Gasteiger partial charge in [-0.05, 0) is 11.6 Å². The second kappa shape index (κ2) is 4.10. The van der Waals surface area contributed by atoms with Gasteiger partial charge in [0.05, 0.1) is 0 Å². The van der Waals surface area contributed by atoms with Crippen LogP contribution in [0.15, 0.2) is 12.1 Å². The number of hydrogen-bond donors (Lipinski definition) is 2. The second-order valence-corrected chi connectivity index (χ2v) is 4.68. The Balaban J connectivity index is 2.28. The second-order valence-electron chi connectivity index (χ2n) is 3.52. The number of fused-ring (bicyclic) bond motifs is 1. The zero-order chi connectivity index (χ0) is 11.9. The third-order valence-corrected chi connectivity index (χ3v) is 3.29. The quantitative estimate of drug-likeness (QED) is 0.645. The summed E-state index contributed by atoms with van der Waals surface area (Å²) in [6, 6.07) is 2.79. The standard InChI is InChI=1S/C9H10BrNO5/c1-11-6-4-8(13)7(12)2-5(6)3-9(11)16-10(14)15/h2,4,9,12-13H,3H2,1H3. The third-order valence-electron chi connectivity index (χ3n) is 2.56. The highest BCUT2D eigenvalue weighted by Crippen LogP contribution is 2.39. The maximum Gasteiger partial charge on any atom is 0.439 e. The highest BCUT2D eigenvalue weighted by Gasteiger charge is 2.35. The Labute approximate surface area is 97.1 Å². The number of rotatable bonds is 2. The molecule has 0 amide bonds. The van der Waals surface area contributed by atoms with E-state index < -0.39 is 21.0 Å². The van der Waals surface area contributed by atoms with Crippen LogP contribution in [0.25, 0.3) is 0 Å². The van der Waals surface area contributed by atoms with E-state index in [1.807, 2.05) is 0 Å². The van der Waals surface area contributed by atoms with Gasteiger partial charge in [-0.1, -0.05) is 0 Å². The minimum Gasteiger partial charge on any atom is -0.504 e. The molecule has 1 aliphatic rings. The van der Waals surface area contributed by atoms with E-state index in [9.17, 15) is 18.6 Å². The highest BCUT2D eigenvalue weighted by atomic mass is 80.0. The lowest BCUT2D eigenvalue weighted by atomic mass is 10.1. The molecule has 0 fully saturated rings. The third kappa shape index (κ3) is 1.94. The molecule has 6 nitrogen and oxygen atoms in total. The van der Waals surface area contributed by atoms with E-state index in [4.69, 9.17) is 3.83 Å². The summed E-state index contributed by atoms with van der Waals surface area (Å²) in [5.74, 6) is -0.455. The van der Waals surface area contributed by atoms with Crippen molar-refractivity contribution in [1.82, 2.24) is 0 Å². The van der Waals surface area contributed by atoms with Gasteiger partial charge in [0.2, 0.25) is 6.23 Å². The first kappa shape index (κ1) is 11.5. The van der Waals surface area contributed by atoms with Gasteiger partial charge in [0.15, 0.2) is 11.5 Å². The van der Waals surface area contributed by atoms with Crippen molar-refractivity contribution < 1.29 is 37.3 Å². The van der Waals surface area contributed by atoms with Gasteiger partial charge in [-0.15, -0.1) is 0 Å². The predicted octanol–water partition coefficient (Wildman–Crippen LogP) is -1.48. The summed E-state index contributed by atoms with van der Waals surface area (Å²) in [4.78, 5) is 1.61. The lowest BCUT2D eigenvalue weighted by Crippen LogP contribution is -2.42. The van der Waals surface area contributed by atoms with Crippen LogP contribution in [0.2, 0.25) is 0 Å². The molecule has 16 heavy (non-hydrogen) atoms. The van der Waals surface area contributed by atoms with E-state index in [-0.39, 0.29) is 11.5 Å². The molecule has 2 N–H and O–H groups in total. The minimum atomic E-state index is -3.27. The van der Waals surface area contributed by atoms with E-state index in [1.165, 1.54) is 12.1 Å². The maximum absolute atomic E-state index is 10.5. The van der Waals surface area contributed by atoms with E-state index in [0.29, 0.717) is 12.1 Å². The molecule has 0 aromatic heterocycles. The normalized spacial score (nSPS) is 19.2. The topological polar surface area (TPSA) is 99.1 Å². The SMILES string of the molecule is CN1c2cc(O)c(O)cc2CC1O[Br+2]([O-])[O-]. The zero-order valence-corrected chi connectivity index (χ0v) is 9.97. The Hall–Kier alpha value is -1.02. The van der Waals surface area contributed by atoms with Crippen molar-refractivity contribution in [2.45, 2.75) is 12.6 Å². The summed E-state index contributed by atoms with van der Waals surface area (Å²) < 4.78 is 25.8. The molecule has 0 aliphatic carbocycles. The molecule has 1 aliphatic heterocycles. The molecule has 88 valence electrons. The van der Waals surface area contributed by atoms with Crippen molar-refractivity contribution in [2.24, 2.45) is 0 Å². The van der Waals surface area contributed by atoms with Crippen LogP contribution < -0.4 is 13.3 Å². The molecule has 1 aromatic rings. The summed E-state index contributed by atoms with van der Waals surface area (Å²) in [6.45, 7) is 0. The minimum absolute atomic E-state index is 0.220. The first-order valence-corrected chi connectivity index (χ1v) is 6.43. The van der Waals surface area contributed by atoms with Crippen molar-refractivity contribution in [1.29, 1.82) is 0 Å². The Morgan fingerprint density at radius 2 is 2.00 bits per heavy atom. The van der Waals surface area contributed by atoms with Gasteiger partial charge in [-0.2, -0.15) is 0 Å². The molecule has 1 heterocycles. The molecule has 0 saturated heterocycles. The van der Waals surface area contributed by atoms with Gasteiger partial charge < -0.3 is 23.5 Å². The Kier molecular flexibility index (Phi) is 2.94. The number of benzene rings is 1. The maximum atomic E-state index is 10.5. The molecule has 2 rings (SSSR count). The predicted molar refractivity (Wildman–Crippen MR) is 46.8 cm³/mol. The van der Waals surface area contributed by atoms with E-state index in [2.05, 4.69) is 0 Å². The number of phenolic OH excluding ortho intramolecular Hbond substituents is 2. The van der Waals surface area contributed by atoms with Crippen LogP contribution in [-0.4, -0.2) is 23.5 Å². The molecule has 1 atom stereocenters. The fraction of sp³-hybridized carbons (Fsp3) is 0.333. The van der Waals surface area contributed by atoms with Crippen molar-refractivity contribution in [3.05, 3.63) is 17.7 Å². The van der Waals surface area contributed by atoms with Gasteiger partial charge in [0, 0.05) is 29.1 Å². The molecule has 1 aromatic carbocycles. The molecular formula is C9H10BrNO5. The average molecular weight is 292 g/mol. The molecular weight excluding hydrogens is 282 g/mol. The van der Waals surface area contributed by atoms with Crippen molar-refractivity contribution >= 4 is 5.69 Å². The first-order valence-electron chi connectivity index (χ1n) is 4.49. The van der Waals surface area contributed by atoms with E-state index in [1.54, 1.807) is 11.9 Å². The van der Waals surface area contributed by atoms with E-state index in [0.717, 1.165) is 5.56 Å². The molecule has 7 heteroatoms. The average Bonchev–Trinajstić information content (AvgIpc) is 2.45. The summed E-state index contributed by atoms with van der Waals surface area (Å²) in [6.07, 6.45) is -0.236. The number of anilines is 1. The molecule has 0 saturated carbocycles. The summed E-state index contributed by atoms with van der Waals surface area (Å²) in [5.41, 5.74) is 1.40. The molecule has 0 spiro atoms. The van der Waals surface area contributed by atoms with Gasteiger partial charge >= 0.3 is 14.8 Å². The lowest BCUT2D eigenvalue weighted by molar-refractivity contribution is -1.63. The van der Waals surface area contributed by atoms with Crippen LogP contribution in [0.4, 0.5) is 5.69 Å². The summed E-state index contributed by atoms with van der Waals surface area (Å²) in [7, 11) is 1.66. The molecule has 1 unspecified atom stereocenters. The number of hydrogen-bond acceptors (Lipinski definition) is 6. The monoisotopic (exact) mass is 291 g/mol. The summed E-state index contributed by atoms with van der Waals surface area (Å²) in [5, 5.41) is 18.6. The largest absolute Gasteiger partial charge is 0.504 e. The summed E-state index contributed by atoms with van der Waals surface area (Å²) >= 11 is -3.27. The van der Waals surface area contributed by atoms with Crippen LogP contribution in [0, 0.1) is 14.8 Å². The van der Waals surface area contributed by atoms with Crippen LogP contribution in [0.5, 0.6) is 11.5 Å². The Morgan fingerprint density at radius 3 is 2.62 bits per heavy atom. The van der Waals surface area contributed by atoms with Crippen molar-refractivity contribution in [3.63, 3.8) is 0 Å². The van der Waals surface area contributed by atoms with E-state index >= 15 is 0 Å². The number of nitrogens with zero attached hydrogens (tertiary/aromatic N) is 1. The van der Waals surface area contributed by atoms with Gasteiger partial charge in [-0.3, -0.25) is 0 Å². The van der Waals surface area contributed by atoms with Crippen LogP contribution >= 0.6 is 0 Å². The fourth-order valence-corrected chi connectivity index (χ4v) is 2.49. The fourth-order valence-electron chi connectivity index (χ4n) is 1.76. The number of halogens is 1. The number of phenols is 2. The zero-order valence-electron chi connectivity index (χ0n) is 8.38. The van der Waals surface area contributed by atoms with Crippen molar-refractivity contribution in [3.8, 4) is 11.5 Å². The van der Waals surface area contributed by atoms with Crippen LogP contribution in [-0.2, 0) is 10.2 Å².